The number of halogens is 2. The van der Waals surface area contributed by atoms with Gasteiger partial charge in [-0.2, -0.15) is 0 Å². The van der Waals surface area contributed by atoms with Gasteiger partial charge in [-0.1, -0.05) is 115 Å². The van der Waals surface area contributed by atoms with Crippen LogP contribution >= 0.6 is 23.2 Å². The summed E-state index contributed by atoms with van der Waals surface area (Å²) in [7, 11) is 0. The summed E-state index contributed by atoms with van der Waals surface area (Å²) in [6, 6.07) is 44.0. The van der Waals surface area contributed by atoms with Crippen molar-refractivity contribution in [3.8, 4) is 11.5 Å². The molecule has 1 N–H and O–H groups in total. The maximum atomic E-state index is 14.8. The molecular weight excluding hydrogens is 679 g/mol. The van der Waals surface area contributed by atoms with Gasteiger partial charge in [0, 0.05) is 17.5 Å². The Morgan fingerprint density at radius 1 is 0.647 bits per heavy atom. The molecule has 6 aromatic carbocycles. The Morgan fingerprint density at radius 3 is 1.75 bits per heavy atom. The summed E-state index contributed by atoms with van der Waals surface area (Å²) in [5.74, 6) is -2.23. The molecule has 4 aliphatic rings. The minimum Gasteiger partial charge on any atom is -0.457 e. The van der Waals surface area contributed by atoms with Crippen molar-refractivity contribution in [1.82, 2.24) is 4.90 Å². The van der Waals surface area contributed by atoms with E-state index in [1.807, 2.05) is 121 Å². The molecule has 51 heavy (non-hydrogen) atoms. The number of imide groups is 1. The number of carbonyl (C=O) groups is 3. The van der Waals surface area contributed by atoms with Crippen molar-refractivity contribution in [3.63, 3.8) is 0 Å². The molecule has 0 aromatic heterocycles. The number of rotatable bonds is 7. The number of ether oxygens (including phenoxy) is 1. The van der Waals surface area contributed by atoms with Gasteiger partial charge in [-0.15, -0.1) is 23.2 Å². The van der Waals surface area contributed by atoms with Gasteiger partial charge in [-0.3, -0.25) is 19.3 Å². The van der Waals surface area contributed by atoms with E-state index < -0.39 is 45.3 Å². The molecule has 250 valence electrons. The number of nitrogens with zero attached hydrogens (tertiary/aromatic N) is 1. The molecule has 0 saturated carbocycles. The number of anilines is 1. The van der Waals surface area contributed by atoms with Gasteiger partial charge >= 0.3 is 0 Å². The van der Waals surface area contributed by atoms with Crippen molar-refractivity contribution >= 4 is 57.4 Å². The van der Waals surface area contributed by atoms with Crippen LogP contribution in [0.5, 0.6) is 11.5 Å². The predicted octanol–water partition coefficient (Wildman–Crippen LogP) is 8.78. The molecule has 0 radical (unpaired) electrons. The third-order valence-electron chi connectivity index (χ3n) is 10.6. The summed E-state index contributed by atoms with van der Waals surface area (Å²) in [5, 5.41) is 5.02. The third-order valence-corrected chi connectivity index (χ3v) is 11.9. The summed E-state index contributed by atoms with van der Waals surface area (Å²) >= 11 is 15.3. The smallest absolute Gasteiger partial charge is 0.248 e. The summed E-state index contributed by atoms with van der Waals surface area (Å²) in [4.78, 5) is 42.3. The number of hydrogen-bond acceptors (Lipinski definition) is 4. The summed E-state index contributed by atoms with van der Waals surface area (Å²) < 4.78 is 6.20. The highest BCUT2D eigenvalue weighted by Gasteiger charge is 2.73. The van der Waals surface area contributed by atoms with E-state index in [0.29, 0.717) is 39.4 Å². The first kappa shape index (κ1) is 31.5. The average molecular weight is 710 g/mol. The van der Waals surface area contributed by atoms with Crippen LogP contribution < -0.4 is 10.1 Å². The molecule has 3 amide bonds. The van der Waals surface area contributed by atoms with Crippen molar-refractivity contribution in [2.75, 3.05) is 5.32 Å². The quantitative estimate of drug-likeness (QED) is 0.133. The zero-order valence-electron chi connectivity index (χ0n) is 27.1. The van der Waals surface area contributed by atoms with Crippen molar-refractivity contribution in [2.45, 2.75) is 22.2 Å². The molecule has 6 aromatic rings. The summed E-state index contributed by atoms with van der Waals surface area (Å²) in [5.41, 5.74) is 4.11. The van der Waals surface area contributed by atoms with Crippen LogP contribution in [0.25, 0.3) is 10.8 Å². The molecule has 6 nitrogen and oxygen atoms in total. The van der Waals surface area contributed by atoms with Crippen molar-refractivity contribution in [1.29, 1.82) is 0 Å². The molecule has 0 spiro atoms. The minimum atomic E-state index is -1.34. The molecule has 0 unspecified atom stereocenters. The fourth-order valence-corrected chi connectivity index (χ4v) is 9.48. The lowest BCUT2D eigenvalue weighted by atomic mass is 9.54. The molecule has 1 saturated heterocycles. The Kier molecular flexibility index (Phi) is 7.32. The molecule has 1 fully saturated rings. The highest BCUT2D eigenvalue weighted by Crippen LogP contribution is 2.69. The lowest BCUT2D eigenvalue weighted by molar-refractivity contribution is -0.146. The number of nitrogens with one attached hydrogen (secondary N) is 1. The van der Waals surface area contributed by atoms with Crippen LogP contribution in [0.15, 0.2) is 146 Å². The molecule has 8 heteroatoms. The molecule has 10 rings (SSSR count). The van der Waals surface area contributed by atoms with Gasteiger partial charge in [0.15, 0.2) is 0 Å². The lowest BCUT2D eigenvalue weighted by Crippen LogP contribution is -2.57. The van der Waals surface area contributed by atoms with Crippen LogP contribution in [0.4, 0.5) is 5.69 Å². The van der Waals surface area contributed by atoms with Crippen LogP contribution in [0, 0.1) is 11.8 Å². The number of amides is 3. The Hall–Kier alpha value is -5.43. The number of alkyl halides is 2. The maximum Gasteiger partial charge on any atom is 0.248 e. The first-order chi connectivity index (χ1) is 24.8. The first-order valence-corrected chi connectivity index (χ1v) is 17.6. The molecule has 3 atom stereocenters. The summed E-state index contributed by atoms with van der Waals surface area (Å²) in [6.45, 7) is 0. The summed E-state index contributed by atoms with van der Waals surface area (Å²) in [6.07, 6.45) is 0.107. The number of hydrogen-bond donors (Lipinski definition) is 1. The maximum absolute atomic E-state index is 14.8. The van der Waals surface area contributed by atoms with Crippen LogP contribution in [0.1, 0.15) is 27.8 Å². The van der Waals surface area contributed by atoms with Gasteiger partial charge in [0.05, 0.1) is 11.8 Å². The van der Waals surface area contributed by atoms with E-state index in [0.717, 1.165) is 21.2 Å². The van der Waals surface area contributed by atoms with E-state index >= 15 is 0 Å². The molecule has 3 aliphatic carbocycles. The number of benzene rings is 6. The Labute approximate surface area is 304 Å². The predicted molar refractivity (Wildman–Crippen MR) is 198 cm³/mol. The molecule has 1 heterocycles. The van der Waals surface area contributed by atoms with E-state index in [-0.39, 0.29) is 6.42 Å². The van der Waals surface area contributed by atoms with Gasteiger partial charge in [0.2, 0.25) is 17.7 Å². The minimum absolute atomic E-state index is 0.107. The monoisotopic (exact) mass is 708 g/mol. The standard InChI is InChI=1S/C43H30Cl2N2O4/c44-42-31-16-6-7-17-32(31)43(45,34-19-9-8-18-33(34)42)38-37(42)40(49)47(41(38)50)35(25-26-11-2-1-3-12-26)39(48)46-28-21-23-29(24-22-28)51-36-20-10-14-27-13-4-5-15-30(27)36/h1-24,35,37-38H,25H2,(H,46,48)/t35-,37-,38+,42?,43?/m1/s1. The van der Waals surface area contributed by atoms with E-state index in [1.54, 1.807) is 24.3 Å². The van der Waals surface area contributed by atoms with Crippen molar-refractivity contribution in [3.05, 3.63) is 173 Å². The van der Waals surface area contributed by atoms with E-state index in [4.69, 9.17) is 27.9 Å². The van der Waals surface area contributed by atoms with E-state index in [9.17, 15) is 14.4 Å². The van der Waals surface area contributed by atoms with Gasteiger partial charge in [-0.25, -0.2) is 0 Å². The van der Waals surface area contributed by atoms with Gasteiger partial charge in [0.25, 0.3) is 0 Å². The fourth-order valence-electron chi connectivity index (χ4n) is 8.38. The van der Waals surface area contributed by atoms with Crippen molar-refractivity contribution in [2.24, 2.45) is 11.8 Å². The Morgan fingerprint density at radius 2 is 1.16 bits per heavy atom. The highest BCUT2D eigenvalue weighted by atomic mass is 35.5. The van der Waals surface area contributed by atoms with Gasteiger partial charge in [0.1, 0.15) is 27.3 Å². The topological polar surface area (TPSA) is 75.7 Å². The molecular formula is C43H30Cl2N2O4. The second-order valence-electron chi connectivity index (χ2n) is 13.3. The SMILES string of the molecule is O=C(Nc1ccc(Oc2cccc3ccccc23)cc1)[C@@H](Cc1ccccc1)N1C(=O)[C@@H]2[C@H](C1=O)C1(Cl)c3ccccc3C2(Cl)c2ccccc21. The first-order valence-electron chi connectivity index (χ1n) is 16.9. The van der Waals surface area contributed by atoms with E-state index in [1.165, 1.54) is 0 Å². The van der Waals surface area contributed by atoms with Crippen LogP contribution in [-0.2, 0) is 30.6 Å². The Balaban J connectivity index is 1.06. The fraction of sp³-hybridized carbons (Fsp3) is 0.140. The number of fused-ring (bicyclic) bond motifs is 1. The van der Waals surface area contributed by atoms with Crippen molar-refractivity contribution < 1.29 is 19.1 Å². The van der Waals surface area contributed by atoms with E-state index in [2.05, 4.69) is 5.32 Å². The average Bonchev–Trinajstić information content (AvgIpc) is 3.44. The zero-order valence-corrected chi connectivity index (χ0v) is 28.6. The molecule has 2 bridgehead atoms. The highest BCUT2D eigenvalue weighted by molar-refractivity contribution is 6.36. The van der Waals surface area contributed by atoms with Gasteiger partial charge in [-0.05, 0) is 63.5 Å². The third kappa shape index (κ3) is 4.67. The van der Waals surface area contributed by atoms with Crippen LogP contribution in [-0.4, -0.2) is 28.7 Å². The molecule has 1 aliphatic heterocycles. The normalized spacial score (nSPS) is 23.4. The largest absolute Gasteiger partial charge is 0.457 e. The Bertz CT molecular complexity index is 2250. The second-order valence-corrected chi connectivity index (χ2v) is 14.5. The lowest BCUT2D eigenvalue weighted by Gasteiger charge is -2.54. The van der Waals surface area contributed by atoms with Crippen LogP contribution in [0.3, 0.4) is 0 Å². The number of likely N-dealkylation sites (tertiary alicyclic amines) is 1. The zero-order chi connectivity index (χ0) is 34.9. The number of carbonyl (C=O) groups excluding carboxylic acids is 3. The second kappa shape index (κ2) is 11.8. The van der Waals surface area contributed by atoms with Crippen LogP contribution in [0.2, 0.25) is 0 Å². The van der Waals surface area contributed by atoms with Gasteiger partial charge < -0.3 is 10.1 Å².